The van der Waals surface area contributed by atoms with Crippen molar-refractivity contribution < 1.29 is 23.9 Å². The van der Waals surface area contributed by atoms with Gasteiger partial charge in [-0.05, 0) is 149 Å². The molecule has 8 saturated carbocycles. The third-order valence-electron chi connectivity index (χ3n) is 13.9. The first-order valence-electron chi connectivity index (χ1n) is 19.5. The summed E-state index contributed by atoms with van der Waals surface area (Å²) in [5, 5.41) is 2.77. The van der Waals surface area contributed by atoms with Crippen molar-refractivity contribution in [3.05, 3.63) is 58.7 Å². The summed E-state index contributed by atoms with van der Waals surface area (Å²) in [6, 6.07) is 11.9. The van der Waals surface area contributed by atoms with Gasteiger partial charge in [-0.1, -0.05) is 0 Å². The lowest BCUT2D eigenvalue weighted by Crippen LogP contribution is -2.50. The Hall–Kier alpha value is -3.87. The molecule has 0 atom stereocenters. The van der Waals surface area contributed by atoms with Gasteiger partial charge in [0, 0.05) is 77.6 Å². The highest BCUT2D eigenvalue weighted by Gasteiger charge is 2.56. The first kappa shape index (κ1) is 33.0. The number of carbonyl (C=O) groups excluding carboxylic acids is 3. The van der Waals surface area contributed by atoms with Gasteiger partial charge >= 0.3 is 0 Å². The van der Waals surface area contributed by atoms with E-state index in [0.717, 1.165) is 119 Å². The van der Waals surface area contributed by atoms with Crippen LogP contribution in [0.25, 0.3) is 12.2 Å². The van der Waals surface area contributed by atoms with Gasteiger partial charge in [0.15, 0.2) is 11.6 Å². The van der Waals surface area contributed by atoms with Gasteiger partial charge in [-0.15, -0.1) is 0 Å². The van der Waals surface area contributed by atoms with E-state index in [-0.39, 0.29) is 16.7 Å². The van der Waals surface area contributed by atoms with Gasteiger partial charge < -0.3 is 19.7 Å². The maximum absolute atomic E-state index is 13.5. The van der Waals surface area contributed by atoms with Crippen molar-refractivity contribution in [3.63, 3.8) is 0 Å². The second-order valence-electron chi connectivity index (χ2n) is 18.0. The average molecular weight is 689 g/mol. The predicted octanol–water partition coefficient (Wildman–Crippen LogP) is 8.52. The smallest absolute Gasteiger partial charge is 0.221 e. The summed E-state index contributed by atoms with van der Waals surface area (Å²) in [6.07, 6.45) is 18.9. The van der Waals surface area contributed by atoms with Crippen LogP contribution in [0.2, 0.25) is 0 Å². The molecule has 0 saturated heterocycles. The Morgan fingerprint density at radius 3 is 1.45 bits per heavy atom. The molecule has 0 spiro atoms. The number of hydrogen-bond acceptors (Lipinski definition) is 6. The first-order chi connectivity index (χ1) is 24.5. The van der Waals surface area contributed by atoms with E-state index in [9.17, 15) is 14.4 Å². The molecule has 8 bridgehead atoms. The van der Waals surface area contributed by atoms with Crippen LogP contribution in [-0.4, -0.2) is 44.8 Å². The molecule has 51 heavy (non-hydrogen) atoms. The minimum Gasteiger partial charge on any atom is -0.488 e. The van der Waals surface area contributed by atoms with Crippen LogP contribution in [-0.2, 0) is 14.4 Å². The van der Waals surface area contributed by atoms with Crippen molar-refractivity contribution in [1.29, 1.82) is 0 Å². The number of nitrogens with zero attached hydrogens (tertiary/aromatic N) is 1. The zero-order valence-corrected chi connectivity index (χ0v) is 30.5. The average Bonchev–Trinajstić information content (AvgIpc) is 3.09. The van der Waals surface area contributed by atoms with E-state index >= 15 is 0 Å². The number of rotatable bonds is 6. The molecule has 12 rings (SSSR count). The third kappa shape index (κ3) is 6.02. The summed E-state index contributed by atoms with van der Waals surface area (Å²) in [6.45, 7) is 2.27. The van der Waals surface area contributed by atoms with Crippen molar-refractivity contribution in [1.82, 2.24) is 0 Å². The van der Waals surface area contributed by atoms with E-state index < -0.39 is 0 Å². The van der Waals surface area contributed by atoms with Gasteiger partial charge in [0.25, 0.3) is 0 Å². The van der Waals surface area contributed by atoms with Crippen molar-refractivity contribution in [2.75, 3.05) is 37.5 Å². The van der Waals surface area contributed by atoms with E-state index in [0.29, 0.717) is 24.8 Å². The molecule has 2 aromatic rings. The molecule has 0 aromatic heterocycles. The molecule has 8 fully saturated rings. The monoisotopic (exact) mass is 688 g/mol. The number of fused-ring (bicyclic) bond motifs is 2. The summed E-state index contributed by atoms with van der Waals surface area (Å²) in [4.78, 5) is 40.2. The molecular weight excluding hydrogens is 636 g/mol. The zero-order chi connectivity index (χ0) is 35.1. The molecule has 7 heteroatoms. The number of benzene rings is 2. The van der Waals surface area contributed by atoms with Crippen molar-refractivity contribution in [2.45, 2.75) is 84.0 Å². The lowest BCUT2D eigenvalue weighted by atomic mass is 9.48. The minimum atomic E-state index is -0.114. The molecular formula is C44H52N2O5. The molecule has 2 aliphatic heterocycles. The van der Waals surface area contributed by atoms with Gasteiger partial charge in [0.1, 0.15) is 24.7 Å². The Bertz CT molecular complexity index is 1780. The Kier molecular flexibility index (Phi) is 8.01. The Balaban J connectivity index is 0.000000137. The van der Waals surface area contributed by atoms with Crippen LogP contribution >= 0.6 is 0 Å². The number of ketones is 2. The number of nitrogens with one attached hydrogen (secondary N) is 1. The van der Waals surface area contributed by atoms with Gasteiger partial charge in [-0.2, -0.15) is 0 Å². The third-order valence-corrected chi connectivity index (χ3v) is 13.9. The van der Waals surface area contributed by atoms with Crippen LogP contribution in [0.5, 0.6) is 11.5 Å². The lowest BCUT2D eigenvalue weighted by molar-refractivity contribution is -0.140. The van der Waals surface area contributed by atoms with Crippen LogP contribution in [0, 0.1) is 46.3 Å². The number of hydrogen-bond donors (Lipinski definition) is 1. The molecule has 0 radical (unpaired) electrons. The second-order valence-corrected chi connectivity index (χ2v) is 18.0. The van der Waals surface area contributed by atoms with Crippen LogP contribution in [0.15, 0.2) is 47.5 Å². The molecule has 1 N–H and O–H groups in total. The molecule has 8 aliphatic carbocycles. The van der Waals surface area contributed by atoms with E-state index in [1.165, 1.54) is 45.4 Å². The summed E-state index contributed by atoms with van der Waals surface area (Å²) in [5.74, 6) is 6.97. The highest BCUT2D eigenvalue weighted by atomic mass is 16.5. The lowest BCUT2D eigenvalue weighted by Gasteiger charge is -2.56. The fourth-order valence-corrected chi connectivity index (χ4v) is 12.6. The highest BCUT2D eigenvalue weighted by Crippen LogP contribution is 2.62. The van der Waals surface area contributed by atoms with Crippen molar-refractivity contribution in [2.24, 2.45) is 46.3 Å². The maximum Gasteiger partial charge on any atom is 0.221 e. The van der Waals surface area contributed by atoms with Gasteiger partial charge in [-0.3, -0.25) is 14.4 Å². The number of carbonyl (C=O) groups is 3. The molecule has 2 heterocycles. The summed E-state index contributed by atoms with van der Waals surface area (Å²) < 4.78 is 11.9. The topological polar surface area (TPSA) is 84.9 Å². The van der Waals surface area contributed by atoms with E-state index in [1.807, 2.05) is 38.4 Å². The molecule has 2 aromatic carbocycles. The summed E-state index contributed by atoms with van der Waals surface area (Å²) >= 11 is 0. The number of ether oxygens (including phenoxy) is 2. The second kappa shape index (κ2) is 12.4. The van der Waals surface area contributed by atoms with E-state index in [1.54, 1.807) is 0 Å². The Morgan fingerprint density at radius 2 is 1.04 bits per heavy atom. The van der Waals surface area contributed by atoms with Crippen molar-refractivity contribution in [3.8, 4) is 11.5 Å². The number of anilines is 2. The van der Waals surface area contributed by atoms with Gasteiger partial charge in [-0.25, -0.2) is 0 Å². The molecule has 268 valence electrons. The first-order valence-corrected chi connectivity index (χ1v) is 19.5. The van der Waals surface area contributed by atoms with Gasteiger partial charge in [0.2, 0.25) is 5.91 Å². The quantitative estimate of drug-likeness (QED) is 0.328. The highest BCUT2D eigenvalue weighted by molar-refractivity contribution is 6.05. The van der Waals surface area contributed by atoms with E-state index in [4.69, 9.17) is 9.47 Å². The Labute approximate surface area is 302 Å². The molecule has 1 amide bonds. The van der Waals surface area contributed by atoms with Crippen LogP contribution < -0.4 is 19.7 Å². The summed E-state index contributed by atoms with van der Waals surface area (Å²) in [5.41, 5.74) is 5.37. The van der Waals surface area contributed by atoms with Crippen LogP contribution in [0.3, 0.4) is 0 Å². The fourth-order valence-electron chi connectivity index (χ4n) is 12.6. The standard InChI is InChI=1S/C22H25NO3.C22H27NO2/c1-13(24)23-19-3-2-17-7-18(12-26-20(17)8-19)21(25)22-9-14-4-15(10-22)6-16(5-14)11-22;1-23(2)19-4-3-17-8-18(13-25-20(17)9-19)21(24)22-10-14-5-15(11-22)7-16(6-14)12-22/h2-3,7-8,14-16H,4-6,9-12H2,1H3,(H,23,24);3-4,8-9,14-16H,5-7,10-13H2,1-2H3. The minimum absolute atomic E-state index is 0.0645. The molecule has 7 nitrogen and oxygen atoms in total. The van der Waals surface area contributed by atoms with E-state index in [2.05, 4.69) is 34.5 Å². The molecule has 10 aliphatic rings. The van der Waals surface area contributed by atoms with Crippen LogP contribution in [0.1, 0.15) is 95.1 Å². The number of amides is 1. The SMILES string of the molecule is CC(=O)Nc1ccc2c(c1)OCC(C(=O)C13CC4CC(CC(C4)C1)C3)=C2.CN(C)c1ccc2c(c1)OCC(C(=O)C13CC4CC(CC(C4)C1)C3)=C2. The Morgan fingerprint density at radius 1 is 0.627 bits per heavy atom. The largest absolute Gasteiger partial charge is 0.488 e. The van der Waals surface area contributed by atoms with Gasteiger partial charge in [0.05, 0.1) is 0 Å². The van der Waals surface area contributed by atoms with Crippen LogP contribution in [0.4, 0.5) is 11.4 Å². The zero-order valence-electron chi connectivity index (χ0n) is 30.5. The van der Waals surface area contributed by atoms with Crippen molar-refractivity contribution >= 4 is 41.0 Å². The normalized spacial score (nSPS) is 34.4. The predicted molar refractivity (Wildman–Crippen MR) is 200 cm³/mol. The summed E-state index contributed by atoms with van der Waals surface area (Å²) in [7, 11) is 4.06. The number of Topliss-reactive ketones (excluding diaryl/α,β-unsaturated/α-hetero) is 2. The maximum atomic E-state index is 13.5. The molecule has 0 unspecified atom stereocenters. The fraction of sp³-hybridized carbons (Fsp3) is 0.568.